The molecular weight excluding hydrogens is 350 g/mol. The van der Waals surface area contributed by atoms with Gasteiger partial charge >= 0.3 is 5.69 Å². The molecule has 1 aliphatic rings. The first-order valence-electron chi connectivity index (χ1n) is 7.89. The number of ether oxygens (including phenoxy) is 2. The van der Waals surface area contributed by atoms with Crippen LogP contribution in [0.5, 0.6) is 5.75 Å². The zero-order valence-electron chi connectivity index (χ0n) is 14.2. The van der Waals surface area contributed by atoms with Crippen molar-refractivity contribution < 1.29 is 19.2 Å². The van der Waals surface area contributed by atoms with Gasteiger partial charge in [0.15, 0.2) is 12.4 Å². The molecule has 1 aliphatic heterocycles. The minimum atomic E-state index is -0.532. The Morgan fingerprint density at radius 2 is 2.04 bits per heavy atom. The molecule has 2 N–H and O–H groups in total. The van der Waals surface area contributed by atoms with Crippen molar-refractivity contribution in [3.8, 4) is 5.75 Å². The Morgan fingerprint density at radius 1 is 1.36 bits per heavy atom. The monoisotopic (exact) mass is 373 g/mol. The average Bonchev–Trinajstić information content (AvgIpc) is 2.59. The van der Waals surface area contributed by atoms with Gasteiger partial charge in [0.25, 0.3) is 5.91 Å². The number of methoxy groups -OCH3 is 1. The quantitative estimate of drug-likeness (QED) is 0.529. The van der Waals surface area contributed by atoms with Crippen LogP contribution in [-0.4, -0.2) is 50.8 Å². The topological polar surface area (TPSA) is 103 Å². The maximum absolute atomic E-state index is 12.0. The van der Waals surface area contributed by atoms with E-state index >= 15 is 0 Å². The lowest BCUT2D eigenvalue weighted by atomic mass is 9.79. The van der Waals surface area contributed by atoms with Crippen LogP contribution in [0, 0.1) is 15.5 Å². The van der Waals surface area contributed by atoms with Gasteiger partial charge in [0.05, 0.1) is 11.5 Å². The summed E-state index contributed by atoms with van der Waals surface area (Å²) < 4.78 is 10.6. The fourth-order valence-electron chi connectivity index (χ4n) is 2.85. The summed E-state index contributed by atoms with van der Waals surface area (Å²) in [5, 5.41) is 17.1. The Hall–Kier alpha value is -1.90. The van der Waals surface area contributed by atoms with Crippen molar-refractivity contribution in [3.63, 3.8) is 0 Å². The van der Waals surface area contributed by atoms with Gasteiger partial charge in [-0.05, 0) is 32.0 Å². The summed E-state index contributed by atoms with van der Waals surface area (Å²) in [7, 11) is 1.66. The minimum absolute atomic E-state index is 0. The lowest BCUT2D eigenvalue weighted by molar-refractivity contribution is -0.385. The molecule has 1 fully saturated rings. The number of piperidine rings is 1. The van der Waals surface area contributed by atoms with Crippen LogP contribution in [0.2, 0.25) is 0 Å². The summed E-state index contributed by atoms with van der Waals surface area (Å²) in [6.45, 7) is 2.62. The van der Waals surface area contributed by atoms with Crippen LogP contribution in [0.3, 0.4) is 0 Å². The highest BCUT2D eigenvalue weighted by Gasteiger charge is 2.32. The Morgan fingerprint density at radius 3 is 2.68 bits per heavy atom. The van der Waals surface area contributed by atoms with E-state index in [0.717, 1.165) is 25.9 Å². The first-order chi connectivity index (χ1) is 11.6. The number of nitro groups is 1. The predicted molar refractivity (Wildman–Crippen MR) is 95.3 cm³/mol. The third kappa shape index (κ3) is 6.15. The molecule has 0 spiro atoms. The average molecular weight is 374 g/mol. The maximum atomic E-state index is 12.0. The number of rotatable bonds is 8. The van der Waals surface area contributed by atoms with Crippen LogP contribution in [0.1, 0.15) is 12.8 Å². The van der Waals surface area contributed by atoms with E-state index in [0.29, 0.717) is 13.2 Å². The molecule has 9 heteroatoms. The van der Waals surface area contributed by atoms with Gasteiger partial charge in [-0.2, -0.15) is 0 Å². The highest BCUT2D eigenvalue weighted by molar-refractivity contribution is 5.85. The van der Waals surface area contributed by atoms with E-state index in [2.05, 4.69) is 10.6 Å². The molecular formula is C16H24ClN3O5. The summed E-state index contributed by atoms with van der Waals surface area (Å²) in [5.41, 5.74) is -0.228. The molecule has 8 nitrogen and oxygen atoms in total. The molecule has 1 saturated heterocycles. The van der Waals surface area contributed by atoms with Gasteiger partial charge in [0, 0.05) is 25.1 Å². The second kappa shape index (κ2) is 10.2. The molecule has 0 aromatic heterocycles. The molecule has 140 valence electrons. The smallest absolute Gasteiger partial charge is 0.310 e. The number of nitro benzene ring substituents is 1. The van der Waals surface area contributed by atoms with E-state index in [1.54, 1.807) is 19.2 Å². The van der Waals surface area contributed by atoms with Crippen molar-refractivity contribution in [2.45, 2.75) is 12.8 Å². The first kappa shape index (κ1) is 21.1. The van der Waals surface area contributed by atoms with Crippen LogP contribution < -0.4 is 15.4 Å². The van der Waals surface area contributed by atoms with Gasteiger partial charge in [0.2, 0.25) is 0 Å². The number of nitrogens with one attached hydrogen (secondary N) is 2. The summed E-state index contributed by atoms with van der Waals surface area (Å²) >= 11 is 0. The van der Waals surface area contributed by atoms with Crippen molar-refractivity contribution >= 4 is 24.0 Å². The molecule has 0 saturated carbocycles. The summed E-state index contributed by atoms with van der Waals surface area (Å²) in [6.07, 6.45) is 1.85. The minimum Gasteiger partial charge on any atom is -0.477 e. The van der Waals surface area contributed by atoms with Crippen LogP contribution in [0.25, 0.3) is 0 Å². The molecule has 0 bridgehead atoms. The molecule has 1 amide bonds. The summed E-state index contributed by atoms with van der Waals surface area (Å²) in [5.74, 6) is -0.215. The maximum Gasteiger partial charge on any atom is 0.310 e. The summed E-state index contributed by atoms with van der Waals surface area (Å²) in [6, 6.07) is 6.00. The van der Waals surface area contributed by atoms with Crippen LogP contribution in [0.4, 0.5) is 5.69 Å². The fraction of sp³-hybridized carbons (Fsp3) is 0.562. The van der Waals surface area contributed by atoms with E-state index in [-0.39, 0.29) is 41.8 Å². The molecule has 2 rings (SSSR count). The number of benzene rings is 1. The predicted octanol–water partition coefficient (Wildman–Crippen LogP) is 1.53. The van der Waals surface area contributed by atoms with Gasteiger partial charge in [-0.1, -0.05) is 12.1 Å². The number of carbonyl (C=O) groups excluding carboxylic acids is 1. The highest BCUT2D eigenvalue weighted by Crippen LogP contribution is 2.28. The molecule has 1 aromatic rings. The van der Waals surface area contributed by atoms with Gasteiger partial charge in [-0.25, -0.2) is 0 Å². The zero-order valence-corrected chi connectivity index (χ0v) is 15.0. The Bertz CT molecular complexity index is 573. The third-order valence-corrected chi connectivity index (χ3v) is 4.20. The zero-order chi connectivity index (χ0) is 17.4. The van der Waals surface area contributed by atoms with Crippen molar-refractivity contribution in [1.82, 2.24) is 10.6 Å². The molecule has 1 aromatic carbocycles. The molecule has 1 heterocycles. The lowest BCUT2D eigenvalue weighted by Gasteiger charge is -2.37. The van der Waals surface area contributed by atoms with Crippen LogP contribution >= 0.6 is 12.4 Å². The van der Waals surface area contributed by atoms with Gasteiger partial charge in [0.1, 0.15) is 0 Å². The number of hydrogen-bond acceptors (Lipinski definition) is 6. The van der Waals surface area contributed by atoms with E-state index in [1.165, 1.54) is 12.1 Å². The van der Waals surface area contributed by atoms with Crippen molar-refractivity contribution in [3.05, 3.63) is 34.4 Å². The largest absolute Gasteiger partial charge is 0.477 e. The Labute approximate surface area is 152 Å². The van der Waals surface area contributed by atoms with Crippen molar-refractivity contribution in [2.75, 3.05) is 40.0 Å². The van der Waals surface area contributed by atoms with Crippen LogP contribution in [0.15, 0.2) is 24.3 Å². The summed E-state index contributed by atoms with van der Waals surface area (Å²) in [4.78, 5) is 22.4. The standard InChI is InChI=1S/C16H23N3O5.ClH/c1-23-12-16(6-8-17-9-7-16)11-18-15(20)10-24-14-5-3-2-4-13(14)19(21)22;/h2-5,17H,6-12H2,1H3,(H,18,20);1H. The number of carbonyl (C=O) groups is 1. The molecule has 0 atom stereocenters. The number of halogens is 1. The number of amides is 1. The number of nitrogens with zero attached hydrogens (tertiary/aromatic N) is 1. The van der Waals surface area contributed by atoms with E-state index < -0.39 is 4.92 Å². The van der Waals surface area contributed by atoms with Gasteiger partial charge < -0.3 is 20.1 Å². The van der Waals surface area contributed by atoms with Gasteiger partial charge in [-0.3, -0.25) is 14.9 Å². The Kier molecular flexibility index (Phi) is 8.60. The van der Waals surface area contributed by atoms with E-state index in [9.17, 15) is 14.9 Å². The van der Waals surface area contributed by atoms with Crippen molar-refractivity contribution in [1.29, 1.82) is 0 Å². The molecule has 0 aliphatic carbocycles. The van der Waals surface area contributed by atoms with Crippen LogP contribution in [-0.2, 0) is 9.53 Å². The molecule has 25 heavy (non-hydrogen) atoms. The normalized spacial score (nSPS) is 15.7. The number of hydrogen-bond donors (Lipinski definition) is 2. The highest BCUT2D eigenvalue weighted by atomic mass is 35.5. The van der Waals surface area contributed by atoms with E-state index in [4.69, 9.17) is 9.47 Å². The lowest BCUT2D eigenvalue weighted by Crippen LogP contribution is -2.47. The third-order valence-electron chi connectivity index (χ3n) is 4.20. The second-order valence-electron chi connectivity index (χ2n) is 5.97. The van der Waals surface area contributed by atoms with E-state index in [1.807, 2.05) is 0 Å². The Balaban J connectivity index is 0.00000312. The van der Waals surface area contributed by atoms with Gasteiger partial charge in [-0.15, -0.1) is 12.4 Å². The SMILES string of the molecule is COCC1(CNC(=O)COc2ccccc2[N+](=O)[O-])CCNCC1.Cl. The first-order valence-corrected chi connectivity index (χ1v) is 7.89. The molecule has 0 radical (unpaired) electrons. The second-order valence-corrected chi connectivity index (χ2v) is 5.97. The number of para-hydroxylation sites is 2. The van der Waals surface area contributed by atoms with Crippen molar-refractivity contribution in [2.24, 2.45) is 5.41 Å². The molecule has 0 unspecified atom stereocenters. The fourth-order valence-corrected chi connectivity index (χ4v) is 2.85.